The number of rotatable bonds is 4. The summed E-state index contributed by atoms with van der Waals surface area (Å²) in [6, 6.07) is 2.90. The molecule has 2 rings (SSSR count). The first-order chi connectivity index (χ1) is 14.9. The third-order valence-electron chi connectivity index (χ3n) is 4.25. The van der Waals surface area contributed by atoms with E-state index in [0.29, 0.717) is 0 Å². The number of anilines is 2. The predicted octanol–water partition coefficient (Wildman–Crippen LogP) is 7.19. The van der Waals surface area contributed by atoms with Crippen molar-refractivity contribution in [1.29, 1.82) is 0 Å². The minimum Gasteiger partial charge on any atom is -0.396 e. The lowest BCUT2D eigenvalue weighted by atomic mass is 9.94. The van der Waals surface area contributed by atoms with Crippen LogP contribution in [0, 0.1) is 11.7 Å². The molecule has 2 aromatic rings. The first kappa shape index (κ1) is 26.7. The quantitative estimate of drug-likeness (QED) is 0.308. The van der Waals surface area contributed by atoms with E-state index < -0.39 is 74.9 Å². The fraction of sp³-hybridized carbons (Fsp3) is 0.278. The van der Waals surface area contributed by atoms with Crippen LogP contribution in [-0.4, -0.2) is 18.3 Å². The summed E-state index contributed by atoms with van der Waals surface area (Å²) in [5, 5.41) is 1.66. The number of nitrogens with one attached hydrogen (secondary N) is 1. The molecule has 0 saturated heterocycles. The third kappa shape index (κ3) is 5.86. The second-order valence-corrected chi connectivity index (χ2v) is 7.40. The molecule has 3 N–H and O–H groups in total. The number of benzene rings is 2. The monoisotopic (exact) mass is 558 g/mol. The van der Waals surface area contributed by atoms with Crippen molar-refractivity contribution >= 4 is 33.2 Å². The second kappa shape index (κ2) is 8.99. The molecule has 0 bridgehead atoms. The summed E-state index contributed by atoms with van der Waals surface area (Å²) in [4.78, 5) is 12.2. The maximum Gasteiger partial charge on any atom is 0.418 e. The van der Waals surface area contributed by atoms with Crippen molar-refractivity contribution in [3.8, 4) is 0 Å². The summed E-state index contributed by atoms with van der Waals surface area (Å²) >= 11 is 2.48. The van der Waals surface area contributed by atoms with Crippen molar-refractivity contribution in [3.05, 3.63) is 57.3 Å². The van der Waals surface area contributed by atoms with E-state index in [-0.39, 0.29) is 12.1 Å². The molecule has 1 unspecified atom stereocenters. The first-order valence-electron chi connectivity index (χ1n) is 8.39. The Kier molecular flexibility index (Phi) is 7.26. The van der Waals surface area contributed by atoms with E-state index in [2.05, 4.69) is 15.9 Å². The van der Waals surface area contributed by atoms with Gasteiger partial charge in [0.25, 0.3) is 5.91 Å². The average molecular weight is 559 g/mol. The maximum absolute atomic E-state index is 14.3. The molecule has 0 aromatic heterocycles. The molecule has 2 aromatic carbocycles. The Morgan fingerprint density at radius 3 is 2.00 bits per heavy atom. The molecule has 3 nitrogen and oxygen atoms in total. The van der Waals surface area contributed by atoms with Crippen molar-refractivity contribution in [2.24, 2.45) is 5.92 Å². The lowest BCUT2D eigenvalue weighted by Gasteiger charge is -2.27. The minimum absolute atomic E-state index is 0.218. The van der Waals surface area contributed by atoms with Crippen molar-refractivity contribution in [1.82, 2.24) is 0 Å². The van der Waals surface area contributed by atoms with Crippen LogP contribution in [0.2, 0.25) is 0 Å². The molecule has 1 amide bonds. The Morgan fingerprint density at radius 1 is 0.970 bits per heavy atom. The van der Waals surface area contributed by atoms with E-state index >= 15 is 0 Å². The normalized spacial score (nSPS) is 13.8. The first-order valence-corrected chi connectivity index (χ1v) is 9.18. The van der Waals surface area contributed by atoms with Gasteiger partial charge in [-0.15, -0.1) is 0 Å². The molecule has 182 valence electrons. The number of carbonyl (C=O) groups excluding carboxylic acids is 1. The van der Waals surface area contributed by atoms with Gasteiger partial charge in [0.05, 0.1) is 22.5 Å². The van der Waals surface area contributed by atoms with Crippen LogP contribution in [0.15, 0.2) is 34.8 Å². The molecule has 0 spiro atoms. The highest BCUT2D eigenvalue weighted by molar-refractivity contribution is 9.10. The number of hydrogen-bond donors (Lipinski definition) is 2. The zero-order valence-corrected chi connectivity index (χ0v) is 17.1. The Bertz CT molecular complexity index is 1030. The molecule has 33 heavy (non-hydrogen) atoms. The molecule has 0 heterocycles. The second-order valence-electron chi connectivity index (χ2n) is 6.55. The van der Waals surface area contributed by atoms with Crippen LogP contribution in [0.25, 0.3) is 0 Å². The largest absolute Gasteiger partial charge is 0.418 e. The smallest absolute Gasteiger partial charge is 0.396 e. The zero-order chi connectivity index (χ0) is 25.5. The highest BCUT2D eigenvalue weighted by Gasteiger charge is 2.61. The van der Waals surface area contributed by atoms with E-state index in [4.69, 9.17) is 5.73 Å². The van der Waals surface area contributed by atoms with Gasteiger partial charge in [0.2, 0.25) is 0 Å². The lowest BCUT2D eigenvalue weighted by Crippen LogP contribution is -2.39. The van der Waals surface area contributed by atoms with Crippen LogP contribution in [0.5, 0.6) is 0 Å². The van der Waals surface area contributed by atoms with Gasteiger partial charge in [0, 0.05) is 4.47 Å². The molecule has 0 aliphatic heterocycles. The van der Waals surface area contributed by atoms with Crippen LogP contribution >= 0.6 is 15.9 Å². The Balaban J connectivity index is 2.60. The number of nitrogens with two attached hydrogens (primary N) is 1. The summed E-state index contributed by atoms with van der Waals surface area (Å²) in [6.45, 7) is 0. The molecule has 0 aliphatic carbocycles. The summed E-state index contributed by atoms with van der Waals surface area (Å²) in [6.07, 6.45) is -21.8. The van der Waals surface area contributed by atoms with Crippen LogP contribution in [-0.2, 0) is 6.18 Å². The molecule has 0 saturated carbocycles. The number of carbonyl (C=O) groups is 1. The van der Waals surface area contributed by atoms with Gasteiger partial charge in [-0.1, -0.05) is 6.07 Å². The standard InChI is InChI=1S/C18H10BrF11N2O/c19-9-5-6(11(20)14(17(25,26)27)18(28,29)30)4-8(16(22,23)24)13(9)32-15(33)7-2-1-3-10(31)12(7)21/h1-5,11,14H,31H2,(H,32,33). The summed E-state index contributed by atoms with van der Waals surface area (Å²) in [5.41, 5.74) is -0.854. The van der Waals surface area contributed by atoms with Crippen LogP contribution in [0.4, 0.5) is 59.7 Å². The molecule has 15 heteroatoms. The molecule has 1 atom stereocenters. The number of alkyl halides is 10. The average Bonchev–Trinajstić information content (AvgIpc) is 2.61. The fourth-order valence-corrected chi connectivity index (χ4v) is 3.33. The van der Waals surface area contributed by atoms with Crippen LogP contribution < -0.4 is 11.1 Å². The van der Waals surface area contributed by atoms with Crippen molar-refractivity contribution < 1.29 is 53.1 Å². The number of hydrogen-bond acceptors (Lipinski definition) is 2. The molecular formula is C18H10BrF11N2O. The summed E-state index contributed by atoms with van der Waals surface area (Å²) in [7, 11) is 0. The Hall–Kier alpha value is -2.58. The van der Waals surface area contributed by atoms with Gasteiger partial charge in [-0.3, -0.25) is 4.79 Å². The van der Waals surface area contributed by atoms with Gasteiger partial charge in [0.15, 0.2) is 11.7 Å². The van der Waals surface area contributed by atoms with Crippen molar-refractivity contribution in [3.63, 3.8) is 0 Å². The van der Waals surface area contributed by atoms with Gasteiger partial charge in [-0.05, 0) is 45.8 Å². The SMILES string of the molecule is Nc1cccc(C(=O)Nc2c(Br)cc(C(F)C(C(F)(F)F)C(F)(F)F)cc2C(F)(F)F)c1F. The van der Waals surface area contributed by atoms with Gasteiger partial charge in [0.1, 0.15) is 6.17 Å². The molecular weight excluding hydrogens is 549 g/mol. The lowest BCUT2D eigenvalue weighted by molar-refractivity contribution is -0.300. The van der Waals surface area contributed by atoms with Gasteiger partial charge in [-0.25, -0.2) is 8.78 Å². The Morgan fingerprint density at radius 2 is 1.52 bits per heavy atom. The van der Waals surface area contributed by atoms with E-state index in [1.807, 2.05) is 0 Å². The summed E-state index contributed by atoms with van der Waals surface area (Å²) < 4.78 is 145. The van der Waals surface area contributed by atoms with Crippen molar-refractivity contribution in [2.45, 2.75) is 24.7 Å². The van der Waals surface area contributed by atoms with Crippen LogP contribution in [0.1, 0.15) is 27.7 Å². The fourth-order valence-electron chi connectivity index (χ4n) is 2.75. The highest BCUT2D eigenvalue weighted by Crippen LogP contribution is 2.50. The predicted molar refractivity (Wildman–Crippen MR) is 97.4 cm³/mol. The third-order valence-corrected chi connectivity index (χ3v) is 4.87. The topological polar surface area (TPSA) is 55.1 Å². The van der Waals surface area contributed by atoms with E-state index in [9.17, 15) is 53.1 Å². The Labute approximate surface area is 185 Å². The van der Waals surface area contributed by atoms with E-state index in [1.165, 1.54) is 0 Å². The van der Waals surface area contributed by atoms with Gasteiger partial charge in [-0.2, -0.15) is 39.5 Å². The minimum atomic E-state index is -6.17. The number of halogens is 12. The van der Waals surface area contributed by atoms with Crippen molar-refractivity contribution in [2.75, 3.05) is 11.1 Å². The molecule has 0 aliphatic rings. The van der Waals surface area contributed by atoms with Gasteiger partial charge < -0.3 is 11.1 Å². The maximum atomic E-state index is 14.3. The number of amides is 1. The zero-order valence-electron chi connectivity index (χ0n) is 15.6. The van der Waals surface area contributed by atoms with E-state index in [1.54, 1.807) is 5.32 Å². The van der Waals surface area contributed by atoms with Gasteiger partial charge >= 0.3 is 18.5 Å². The molecule has 0 radical (unpaired) electrons. The highest BCUT2D eigenvalue weighted by atomic mass is 79.9. The van der Waals surface area contributed by atoms with Crippen LogP contribution in [0.3, 0.4) is 0 Å². The molecule has 0 fully saturated rings. The summed E-state index contributed by atoms with van der Waals surface area (Å²) in [5.74, 6) is -7.38. The van der Waals surface area contributed by atoms with E-state index in [0.717, 1.165) is 18.2 Å². The number of nitrogen functional groups attached to an aromatic ring is 1.